The zero-order chi connectivity index (χ0) is 15.2. The molecule has 1 heterocycles. The van der Waals surface area contributed by atoms with Gasteiger partial charge in [0.15, 0.2) is 0 Å². The highest BCUT2D eigenvalue weighted by Crippen LogP contribution is 2.12. The molecule has 1 aromatic carbocycles. The molecule has 0 saturated heterocycles. The lowest BCUT2D eigenvalue weighted by Crippen LogP contribution is -2.41. The molecule has 2 atom stereocenters. The predicted molar refractivity (Wildman–Crippen MR) is 89.7 cm³/mol. The number of benzene rings is 1. The Hall–Kier alpha value is -1.61. The lowest BCUT2D eigenvalue weighted by atomic mass is 9.98. The van der Waals surface area contributed by atoms with E-state index in [0.29, 0.717) is 12.0 Å². The van der Waals surface area contributed by atoms with Gasteiger partial charge in [0.05, 0.1) is 0 Å². The molecule has 0 fully saturated rings. The third-order valence-electron chi connectivity index (χ3n) is 4.27. The van der Waals surface area contributed by atoms with Crippen molar-refractivity contribution in [3.63, 3.8) is 0 Å². The van der Waals surface area contributed by atoms with Crippen molar-refractivity contribution in [3.05, 3.63) is 46.9 Å². The summed E-state index contributed by atoms with van der Waals surface area (Å²) in [7, 11) is 0. The van der Waals surface area contributed by atoms with Crippen molar-refractivity contribution >= 4 is 10.8 Å². The molecule has 3 heteroatoms. The summed E-state index contributed by atoms with van der Waals surface area (Å²) in [5, 5.41) is 5.40. The Morgan fingerprint density at radius 1 is 1.19 bits per heavy atom. The van der Waals surface area contributed by atoms with E-state index in [-0.39, 0.29) is 5.56 Å². The molecule has 2 rings (SSSR count). The second-order valence-electron chi connectivity index (χ2n) is 5.81. The van der Waals surface area contributed by atoms with Crippen molar-refractivity contribution in [2.75, 3.05) is 6.54 Å². The number of hydrogen-bond donors (Lipinski definition) is 1. The third kappa shape index (κ3) is 3.73. The molecule has 2 aromatic rings. The molecule has 0 aliphatic heterocycles. The molecule has 1 aromatic heterocycles. The molecule has 21 heavy (non-hydrogen) atoms. The molecule has 114 valence electrons. The third-order valence-corrected chi connectivity index (χ3v) is 4.27. The number of rotatable bonds is 7. The Morgan fingerprint density at radius 2 is 1.95 bits per heavy atom. The van der Waals surface area contributed by atoms with E-state index in [4.69, 9.17) is 0 Å². The summed E-state index contributed by atoms with van der Waals surface area (Å²) < 4.78 is 1.85. The van der Waals surface area contributed by atoms with E-state index in [2.05, 4.69) is 26.1 Å². The largest absolute Gasteiger partial charge is 0.313 e. The van der Waals surface area contributed by atoms with Gasteiger partial charge in [-0.3, -0.25) is 4.79 Å². The van der Waals surface area contributed by atoms with Gasteiger partial charge in [0.2, 0.25) is 0 Å². The van der Waals surface area contributed by atoms with Crippen LogP contribution in [0.25, 0.3) is 10.8 Å². The van der Waals surface area contributed by atoms with Crippen LogP contribution < -0.4 is 10.9 Å². The number of nitrogens with zero attached hydrogens (tertiary/aromatic N) is 1. The fraction of sp³-hybridized carbons (Fsp3) is 0.500. The Labute approximate surface area is 127 Å². The smallest absolute Gasteiger partial charge is 0.258 e. The van der Waals surface area contributed by atoms with Gasteiger partial charge < -0.3 is 9.88 Å². The normalized spacial score (nSPS) is 14.2. The van der Waals surface area contributed by atoms with E-state index in [1.165, 1.54) is 0 Å². The van der Waals surface area contributed by atoms with E-state index >= 15 is 0 Å². The summed E-state index contributed by atoms with van der Waals surface area (Å²) in [6.45, 7) is 8.35. The lowest BCUT2D eigenvalue weighted by molar-refractivity contribution is 0.327. The van der Waals surface area contributed by atoms with Crippen molar-refractivity contribution in [1.82, 2.24) is 9.88 Å². The maximum absolute atomic E-state index is 12.6. The van der Waals surface area contributed by atoms with Crippen LogP contribution in [0.15, 0.2) is 41.3 Å². The summed E-state index contributed by atoms with van der Waals surface area (Å²) in [5.41, 5.74) is 0.111. The van der Waals surface area contributed by atoms with Gasteiger partial charge in [-0.2, -0.15) is 0 Å². The predicted octanol–water partition coefficient (Wildman–Crippen LogP) is 3.42. The minimum atomic E-state index is 0.111. The Kier molecular flexibility index (Phi) is 5.57. The number of hydrogen-bond acceptors (Lipinski definition) is 2. The lowest BCUT2D eigenvalue weighted by Gasteiger charge is -2.25. The first-order chi connectivity index (χ1) is 10.2. The van der Waals surface area contributed by atoms with Gasteiger partial charge in [0.25, 0.3) is 5.56 Å². The molecule has 0 radical (unpaired) electrons. The fourth-order valence-electron chi connectivity index (χ4n) is 2.65. The second kappa shape index (κ2) is 7.41. The standard InChI is InChI=1S/C18H26N2O/c1-4-11-19-17(14(3)5-2)13-20-12-10-15-8-6-7-9-16(15)18(20)21/h6-10,12,14,17,19H,4-5,11,13H2,1-3H3. The van der Waals surface area contributed by atoms with Gasteiger partial charge in [-0.05, 0) is 36.4 Å². The summed E-state index contributed by atoms with van der Waals surface area (Å²) in [5.74, 6) is 0.551. The maximum atomic E-state index is 12.6. The van der Waals surface area contributed by atoms with Crippen molar-refractivity contribution in [2.45, 2.75) is 46.2 Å². The van der Waals surface area contributed by atoms with E-state index in [1.54, 1.807) is 0 Å². The number of aromatic nitrogens is 1. The molecule has 0 spiro atoms. The molecule has 0 saturated carbocycles. The Morgan fingerprint density at radius 3 is 2.67 bits per heavy atom. The molecule has 1 N–H and O–H groups in total. The summed E-state index contributed by atoms with van der Waals surface area (Å²) in [4.78, 5) is 12.6. The maximum Gasteiger partial charge on any atom is 0.258 e. The van der Waals surface area contributed by atoms with Crippen LogP contribution >= 0.6 is 0 Å². The molecule has 0 bridgehead atoms. The van der Waals surface area contributed by atoms with Crippen LogP contribution in [0.2, 0.25) is 0 Å². The number of fused-ring (bicyclic) bond motifs is 1. The molecule has 3 nitrogen and oxygen atoms in total. The first-order valence-corrected chi connectivity index (χ1v) is 7.99. The van der Waals surface area contributed by atoms with Gasteiger partial charge in [-0.25, -0.2) is 0 Å². The molecule has 0 aliphatic rings. The quantitative estimate of drug-likeness (QED) is 0.846. The van der Waals surface area contributed by atoms with Gasteiger partial charge >= 0.3 is 0 Å². The molecular weight excluding hydrogens is 260 g/mol. The summed E-state index contributed by atoms with van der Waals surface area (Å²) in [6.07, 6.45) is 4.15. The highest BCUT2D eigenvalue weighted by atomic mass is 16.1. The summed E-state index contributed by atoms with van der Waals surface area (Å²) >= 11 is 0. The van der Waals surface area contributed by atoms with E-state index < -0.39 is 0 Å². The zero-order valence-electron chi connectivity index (χ0n) is 13.3. The van der Waals surface area contributed by atoms with Crippen molar-refractivity contribution < 1.29 is 0 Å². The fourth-order valence-corrected chi connectivity index (χ4v) is 2.65. The number of nitrogens with one attached hydrogen (secondary N) is 1. The molecule has 2 unspecified atom stereocenters. The van der Waals surface area contributed by atoms with E-state index in [9.17, 15) is 4.79 Å². The average molecular weight is 286 g/mol. The minimum absolute atomic E-state index is 0.111. The Bertz CT molecular complexity index is 632. The van der Waals surface area contributed by atoms with E-state index in [1.807, 2.05) is 41.1 Å². The van der Waals surface area contributed by atoms with Gasteiger partial charge in [0, 0.05) is 24.2 Å². The Balaban J connectivity index is 2.28. The van der Waals surface area contributed by atoms with Crippen LogP contribution in [0.5, 0.6) is 0 Å². The van der Waals surface area contributed by atoms with Crippen LogP contribution in [0.3, 0.4) is 0 Å². The van der Waals surface area contributed by atoms with Crippen molar-refractivity contribution in [3.8, 4) is 0 Å². The van der Waals surface area contributed by atoms with Gasteiger partial charge in [-0.1, -0.05) is 45.4 Å². The van der Waals surface area contributed by atoms with Crippen LogP contribution in [-0.4, -0.2) is 17.2 Å². The monoisotopic (exact) mass is 286 g/mol. The molecule has 0 amide bonds. The highest BCUT2D eigenvalue weighted by molar-refractivity contribution is 5.81. The van der Waals surface area contributed by atoms with Crippen molar-refractivity contribution in [1.29, 1.82) is 0 Å². The second-order valence-corrected chi connectivity index (χ2v) is 5.81. The SMILES string of the molecule is CCCNC(Cn1ccc2ccccc2c1=O)C(C)CC. The first kappa shape index (κ1) is 15.8. The van der Waals surface area contributed by atoms with Crippen LogP contribution in [0.1, 0.15) is 33.6 Å². The average Bonchev–Trinajstić information content (AvgIpc) is 2.53. The number of pyridine rings is 1. The van der Waals surface area contributed by atoms with E-state index in [0.717, 1.165) is 36.7 Å². The van der Waals surface area contributed by atoms with Crippen LogP contribution in [-0.2, 0) is 6.54 Å². The minimum Gasteiger partial charge on any atom is -0.313 e. The summed E-state index contributed by atoms with van der Waals surface area (Å²) in [6, 6.07) is 10.2. The highest BCUT2D eigenvalue weighted by Gasteiger charge is 2.16. The molecule has 0 aliphatic carbocycles. The van der Waals surface area contributed by atoms with Crippen molar-refractivity contribution in [2.24, 2.45) is 5.92 Å². The van der Waals surface area contributed by atoms with Crippen LogP contribution in [0, 0.1) is 5.92 Å². The van der Waals surface area contributed by atoms with Gasteiger partial charge in [-0.15, -0.1) is 0 Å². The van der Waals surface area contributed by atoms with Crippen LogP contribution in [0.4, 0.5) is 0 Å². The molecular formula is C18H26N2O. The topological polar surface area (TPSA) is 34.0 Å². The van der Waals surface area contributed by atoms with Gasteiger partial charge in [0.1, 0.15) is 0 Å². The zero-order valence-corrected chi connectivity index (χ0v) is 13.3. The first-order valence-electron chi connectivity index (χ1n) is 7.99.